The van der Waals surface area contributed by atoms with Crippen molar-refractivity contribution in [2.75, 3.05) is 5.75 Å². The predicted molar refractivity (Wildman–Crippen MR) is 98.9 cm³/mol. The van der Waals surface area contributed by atoms with Crippen LogP contribution in [0.5, 0.6) is 0 Å². The van der Waals surface area contributed by atoms with Gasteiger partial charge in [0.1, 0.15) is 0 Å². The number of hydrogen-bond donors (Lipinski definition) is 0. The van der Waals surface area contributed by atoms with Gasteiger partial charge in [-0.05, 0) is 43.7 Å². The van der Waals surface area contributed by atoms with Crippen LogP contribution in [0.25, 0.3) is 0 Å². The van der Waals surface area contributed by atoms with Gasteiger partial charge in [0.15, 0.2) is 0 Å². The van der Waals surface area contributed by atoms with Crippen LogP contribution in [0, 0.1) is 0 Å². The summed E-state index contributed by atoms with van der Waals surface area (Å²) >= 11 is 1.76. The molecule has 2 aromatic rings. The Morgan fingerprint density at radius 3 is 2.35 bits per heavy atom. The van der Waals surface area contributed by atoms with Gasteiger partial charge in [-0.3, -0.25) is 4.79 Å². The molecule has 0 aliphatic carbocycles. The average Bonchev–Trinajstić information content (AvgIpc) is 2.58. The van der Waals surface area contributed by atoms with E-state index in [2.05, 4.69) is 39.0 Å². The molecule has 0 unspecified atom stereocenters. The Hall–Kier alpha value is -1.74. The minimum absolute atomic E-state index is 0.114. The Bertz CT molecular complexity index is 625. The summed E-state index contributed by atoms with van der Waals surface area (Å²) in [5.74, 6) is 1.15. The Labute approximate surface area is 143 Å². The largest absolute Gasteiger partial charge is 0.332 e. The maximum Gasteiger partial charge on any atom is 0.255 e. The van der Waals surface area contributed by atoms with E-state index >= 15 is 0 Å². The molecule has 0 fully saturated rings. The second-order valence-electron chi connectivity index (χ2n) is 5.86. The standard InChI is InChI=1S/C20H25NOS/c1-4-14-23-19-13-9-8-12-18(19)20(22)21(16(2)3)15-17-10-6-5-7-11-17/h5-13,16H,4,14-15H2,1-3H3. The van der Waals surface area contributed by atoms with Crippen LogP contribution in [0.15, 0.2) is 59.5 Å². The number of benzene rings is 2. The number of amides is 1. The molecule has 0 aliphatic rings. The Morgan fingerprint density at radius 1 is 1.04 bits per heavy atom. The summed E-state index contributed by atoms with van der Waals surface area (Å²) in [6, 6.07) is 18.3. The van der Waals surface area contributed by atoms with Crippen molar-refractivity contribution in [3.05, 3.63) is 65.7 Å². The van der Waals surface area contributed by atoms with Crippen LogP contribution in [0.1, 0.15) is 43.1 Å². The fourth-order valence-electron chi connectivity index (χ4n) is 2.40. The summed E-state index contributed by atoms with van der Waals surface area (Å²) < 4.78 is 0. The van der Waals surface area contributed by atoms with Gasteiger partial charge in [-0.25, -0.2) is 0 Å². The smallest absolute Gasteiger partial charge is 0.255 e. The first-order chi connectivity index (χ1) is 11.1. The van der Waals surface area contributed by atoms with Gasteiger partial charge in [0.05, 0.1) is 5.56 Å². The predicted octanol–water partition coefficient (Wildman–Crippen LogP) is 5.24. The SMILES string of the molecule is CCCSc1ccccc1C(=O)N(Cc1ccccc1)C(C)C. The zero-order chi connectivity index (χ0) is 16.7. The fraction of sp³-hybridized carbons (Fsp3) is 0.350. The Kier molecular flexibility index (Phi) is 6.72. The van der Waals surface area contributed by atoms with Crippen molar-refractivity contribution >= 4 is 17.7 Å². The first kappa shape index (κ1) is 17.6. The maximum atomic E-state index is 13.1. The highest BCUT2D eigenvalue weighted by molar-refractivity contribution is 7.99. The molecule has 2 nitrogen and oxygen atoms in total. The van der Waals surface area contributed by atoms with Crippen LogP contribution in [-0.2, 0) is 6.54 Å². The fourth-order valence-corrected chi connectivity index (χ4v) is 3.31. The van der Waals surface area contributed by atoms with Crippen molar-refractivity contribution in [2.45, 2.75) is 44.7 Å². The number of nitrogens with zero attached hydrogens (tertiary/aromatic N) is 1. The Morgan fingerprint density at radius 2 is 1.70 bits per heavy atom. The van der Waals surface area contributed by atoms with Crippen molar-refractivity contribution in [2.24, 2.45) is 0 Å². The molecule has 0 bridgehead atoms. The van der Waals surface area contributed by atoms with Crippen LogP contribution in [0.3, 0.4) is 0 Å². The highest BCUT2D eigenvalue weighted by Gasteiger charge is 2.21. The molecular formula is C20H25NOS. The van der Waals surface area contributed by atoms with Crippen molar-refractivity contribution < 1.29 is 4.79 Å². The van der Waals surface area contributed by atoms with Crippen molar-refractivity contribution in [1.82, 2.24) is 4.90 Å². The molecule has 0 saturated carbocycles. The first-order valence-corrected chi connectivity index (χ1v) is 9.18. The van der Waals surface area contributed by atoms with E-state index in [9.17, 15) is 4.79 Å². The first-order valence-electron chi connectivity index (χ1n) is 8.20. The molecule has 0 spiro atoms. The topological polar surface area (TPSA) is 20.3 Å². The lowest BCUT2D eigenvalue weighted by molar-refractivity contribution is 0.0687. The molecule has 23 heavy (non-hydrogen) atoms. The number of hydrogen-bond acceptors (Lipinski definition) is 2. The third-order valence-electron chi connectivity index (χ3n) is 3.66. The van der Waals surface area contributed by atoms with Gasteiger partial charge in [0, 0.05) is 17.5 Å². The highest BCUT2D eigenvalue weighted by atomic mass is 32.2. The average molecular weight is 327 g/mol. The van der Waals surface area contributed by atoms with E-state index in [4.69, 9.17) is 0 Å². The quantitative estimate of drug-likeness (QED) is 0.648. The normalized spacial score (nSPS) is 10.8. The van der Waals surface area contributed by atoms with Crippen molar-refractivity contribution in [3.63, 3.8) is 0 Å². The lowest BCUT2D eigenvalue weighted by Gasteiger charge is -2.28. The molecule has 1 amide bonds. The molecule has 0 radical (unpaired) electrons. The molecule has 0 saturated heterocycles. The molecule has 0 atom stereocenters. The van der Waals surface area contributed by atoms with Gasteiger partial charge in [-0.1, -0.05) is 49.4 Å². The molecule has 122 valence electrons. The van der Waals surface area contributed by atoms with Gasteiger partial charge in [0.25, 0.3) is 5.91 Å². The number of thioether (sulfide) groups is 1. The molecule has 2 rings (SSSR count). The molecule has 2 aromatic carbocycles. The Balaban J connectivity index is 2.24. The van der Waals surface area contributed by atoms with Crippen LogP contribution in [0.2, 0.25) is 0 Å². The number of carbonyl (C=O) groups excluding carboxylic acids is 1. The summed E-state index contributed by atoms with van der Waals surface area (Å²) in [6.07, 6.45) is 1.10. The van der Waals surface area contributed by atoms with Gasteiger partial charge in [-0.2, -0.15) is 0 Å². The van der Waals surface area contributed by atoms with Crippen LogP contribution in [-0.4, -0.2) is 22.6 Å². The maximum absolute atomic E-state index is 13.1. The van der Waals surface area contributed by atoms with E-state index in [1.165, 1.54) is 0 Å². The number of rotatable bonds is 7. The van der Waals surface area contributed by atoms with Gasteiger partial charge < -0.3 is 4.90 Å². The van der Waals surface area contributed by atoms with Crippen LogP contribution < -0.4 is 0 Å². The summed E-state index contributed by atoms with van der Waals surface area (Å²) in [7, 11) is 0. The van der Waals surface area contributed by atoms with Crippen LogP contribution in [0.4, 0.5) is 0 Å². The lowest BCUT2D eigenvalue weighted by atomic mass is 10.1. The zero-order valence-corrected chi connectivity index (χ0v) is 15.0. The third kappa shape index (κ3) is 4.87. The van der Waals surface area contributed by atoms with Gasteiger partial charge in [0.2, 0.25) is 0 Å². The summed E-state index contributed by atoms with van der Waals surface area (Å²) in [4.78, 5) is 16.1. The minimum Gasteiger partial charge on any atom is -0.332 e. The van der Waals surface area contributed by atoms with E-state index in [1.54, 1.807) is 11.8 Å². The summed E-state index contributed by atoms with van der Waals surface area (Å²) in [5, 5.41) is 0. The van der Waals surface area contributed by atoms with Gasteiger partial charge >= 0.3 is 0 Å². The molecule has 0 aromatic heterocycles. The van der Waals surface area contributed by atoms with Gasteiger partial charge in [-0.15, -0.1) is 11.8 Å². The minimum atomic E-state index is 0.114. The van der Waals surface area contributed by atoms with E-state index in [-0.39, 0.29) is 11.9 Å². The van der Waals surface area contributed by atoms with E-state index in [0.29, 0.717) is 6.54 Å². The summed E-state index contributed by atoms with van der Waals surface area (Å²) in [5.41, 5.74) is 1.98. The highest BCUT2D eigenvalue weighted by Crippen LogP contribution is 2.25. The van der Waals surface area contributed by atoms with Crippen LogP contribution >= 0.6 is 11.8 Å². The van der Waals surface area contributed by atoms with Crippen molar-refractivity contribution in [3.8, 4) is 0 Å². The molecule has 3 heteroatoms. The van der Waals surface area contributed by atoms with Crippen molar-refractivity contribution in [1.29, 1.82) is 0 Å². The third-order valence-corrected chi connectivity index (χ3v) is 4.94. The monoisotopic (exact) mass is 327 g/mol. The second kappa shape index (κ2) is 8.78. The van der Waals surface area contributed by atoms with E-state index in [0.717, 1.165) is 28.2 Å². The molecule has 0 heterocycles. The lowest BCUT2D eigenvalue weighted by Crippen LogP contribution is -2.36. The molecular weight excluding hydrogens is 302 g/mol. The van der Waals surface area contributed by atoms with E-state index in [1.807, 2.05) is 41.3 Å². The zero-order valence-electron chi connectivity index (χ0n) is 14.2. The second-order valence-corrected chi connectivity index (χ2v) is 6.99. The summed E-state index contributed by atoms with van der Waals surface area (Å²) in [6.45, 7) is 6.95. The molecule has 0 aliphatic heterocycles. The number of carbonyl (C=O) groups is 1. The van der Waals surface area contributed by atoms with E-state index < -0.39 is 0 Å². The molecule has 0 N–H and O–H groups in total.